The molecular weight excluding hydrogens is 258 g/mol. The summed E-state index contributed by atoms with van der Waals surface area (Å²) in [5.41, 5.74) is 6.55. The van der Waals surface area contributed by atoms with E-state index in [9.17, 15) is 4.79 Å². The van der Waals surface area contributed by atoms with Gasteiger partial charge < -0.3 is 20.5 Å². The van der Waals surface area contributed by atoms with Crippen LogP contribution in [0.3, 0.4) is 0 Å². The second kappa shape index (κ2) is 8.52. The molecule has 0 fully saturated rings. The van der Waals surface area contributed by atoms with E-state index in [1.807, 2.05) is 30.1 Å². The number of hydrogen-bond acceptors (Lipinski definition) is 5. The zero-order chi connectivity index (χ0) is 15.0. The van der Waals surface area contributed by atoms with Crippen molar-refractivity contribution in [2.75, 3.05) is 46.3 Å². The largest absolute Gasteiger partial charge is 0.497 e. The highest BCUT2D eigenvalue weighted by molar-refractivity contribution is 5.92. The number of rotatable bonds is 8. The van der Waals surface area contributed by atoms with E-state index in [-0.39, 0.29) is 18.5 Å². The lowest BCUT2D eigenvalue weighted by Gasteiger charge is -2.20. The highest BCUT2D eigenvalue weighted by Gasteiger charge is 2.11. The molecule has 0 heterocycles. The Morgan fingerprint density at radius 3 is 2.85 bits per heavy atom. The van der Waals surface area contributed by atoms with Crippen LogP contribution >= 0.6 is 0 Å². The molecule has 0 radical (unpaired) electrons. The quantitative estimate of drug-likeness (QED) is 0.727. The molecule has 1 aromatic rings. The van der Waals surface area contributed by atoms with E-state index >= 15 is 0 Å². The molecule has 3 N–H and O–H groups in total. The van der Waals surface area contributed by atoms with Gasteiger partial charge in [-0.05, 0) is 19.2 Å². The van der Waals surface area contributed by atoms with Gasteiger partial charge in [0.15, 0.2) is 0 Å². The molecule has 0 aromatic heterocycles. The third-order valence-corrected chi connectivity index (χ3v) is 2.69. The van der Waals surface area contributed by atoms with Crippen LogP contribution in [-0.4, -0.2) is 57.8 Å². The van der Waals surface area contributed by atoms with Gasteiger partial charge in [-0.1, -0.05) is 6.07 Å². The highest BCUT2D eigenvalue weighted by atomic mass is 16.5. The van der Waals surface area contributed by atoms with E-state index in [2.05, 4.69) is 5.32 Å². The fourth-order valence-electron chi connectivity index (χ4n) is 1.88. The summed E-state index contributed by atoms with van der Waals surface area (Å²) in [7, 11) is 5.04. The average Bonchev–Trinajstić information content (AvgIpc) is 2.38. The molecule has 0 spiro atoms. The monoisotopic (exact) mass is 281 g/mol. The summed E-state index contributed by atoms with van der Waals surface area (Å²) in [5, 5.41) is 2.82. The molecule has 1 amide bonds. The number of methoxy groups -OCH3 is 2. The smallest absolute Gasteiger partial charge is 0.238 e. The maximum absolute atomic E-state index is 11.9. The average molecular weight is 281 g/mol. The Morgan fingerprint density at radius 1 is 1.45 bits per heavy atom. The van der Waals surface area contributed by atoms with Crippen LogP contribution in [0.5, 0.6) is 5.75 Å². The molecule has 1 aromatic carbocycles. The summed E-state index contributed by atoms with van der Waals surface area (Å²) >= 11 is 0. The number of benzene rings is 1. The lowest BCUT2D eigenvalue weighted by atomic mass is 10.3. The van der Waals surface area contributed by atoms with Crippen LogP contribution < -0.4 is 15.8 Å². The number of amides is 1. The normalized spacial score (nSPS) is 12.2. The second-order valence-electron chi connectivity index (χ2n) is 4.69. The number of nitrogens with zero attached hydrogens (tertiary/aromatic N) is 1. The molecular formula is C14H23N3O3. The van der Waals surface area contributed by atoms with Gasteiger partial charge in [0.25, 0.3) is 0 Å². The molecule has 6 nitrogen and oxygen atoms in total. The second-order valence-corrected chi connectivity index (χ2v) is 4.69. The van der Waals surface area contributed by atoms with E-state index in [0.29, 0.717) is 24.6 Å². The number of likely N-dealkylation sites (N-methyl/N-ethyl adjacent to an activating group) is 1. The lowest BCUT2D eigenvalue weighted by molar-refractivity contribution is -0.117. The molecule has 0 saturated carbocycles. The van der Waals surface area contributed by atoms with Gasteiger partial charge in [-0.3, -0.25) is 9.69 Å². The standard InChI is InChI=1S/C14H23N3O3/c1-17(8-11(15)10-19-2)9-14(18)16-12-5-4-6-13(7-12)20-3/h4-7,11H,8-10,15H2,1-3H3,(H,16,18). The molecule has 1 atom stereocenters. The molecule has 0 saturated heterocycles. The first-order chi connectivity index (χ1) is 9.55. The van der Waals surface area contributed by atoms with Crippen molar-refractivity contribution in [2.24, 2.45) is 5.73 Å². The first-order valence-corrected chi connectivity index (χ1v) is 6.42. The van der Waals surface area contributed by atoms with Crippen molar-refractivity contribution >= 4 is 11.6 Å². The SMILES string of the molecule is COCC(N)CN(C)CC(=O)Nc1cccc(OC)c1. The zero-order valence-electron chi connectivity index (χ0n) is 12.3. The minimum absolute atomic E-state index is 0.0923. The molecule has 20 heavy (non-hydrogen) atoms. The zero-order valence-corrected chi connectivity index (χ0v) is 12.3. The van der Waals surface area contributed by atoms with Crippen molar-refractivity contribution in [3.8, 4) is 5.75 Å². The van der Waals surface area contributed by atoms with Crippen LogP contribution in [0.4, 0.5) is 5.69 Å². The summed E-state index contributed by atoms with van der Waals surface area (Å²) < 4.78 is 10.1. The van der Waals surface area contributed by atoms with Crippen molar-refractivity contribution in [1.82, 2.24) is 4.90 Å². The van der Waals surface area contributed by atoms with Crippen LogP contribution in [0.15, 0.2) is 24.3 Å². The number of carbonyl (C=O) groups excluding carboxylic acids is 1. The van der Waals surface area contributed by atoms with Crippen molar-refractivity contribution in [3.63, 3.8) is 0 Å². The Balaban J connectivity index is 2.42. The van der Waals surface area contributed by atoms with Gasteiger partial charge in [-0.25, -0.2) is 0 Å². The fourth-order valence-corrected chi connectivity index (χ4v) is 1.88. The van der Waals surface area contributed by atoms with Gasteiger partial charge in [-0.2, -0.15) is 0 Å². The number of nitrogens with one attached hydrogen (secondary N) is 1. The Hall–Kier alpha value is -1.63. The topological polar surface area (TPSA) is 76.8 Å². The summed E-state index contributed by atoms with van der Waals surface area (Å²) in [6, 6.07) is 7.14. The first-order valence-electron chi connectivity index (χ1n) is 6.42. The number of carbonyl (C=O) groups is 1. The van der Waals surface area contributed by atoms with Gasteiger partial charge in [0, 0.05) is 31.5 Å². The minimum atomic E-state index is -0.102. The Morgan fingerprint density at radius 2 is 2.20 bits per heavy atom. The number of anilines is 1. The molecule has 0 aliphatic carbocycles. The van der Waals surface area contributed by atoms with Crippen LogP contribution in [-0.2, 0) is 9.53 Å². The van der Waals surface area contributed by atoms with Crippen LogP contribution in [0.2, 0.25) is 0 Å². The number of hydrogen-bond donors (Lipinski definition) is 2. The van der Waals surface area contributed by atoms with E-state index in [0.717, 1.165) is 0 Å². The van der Waals surface area contributed by atoms with E-state index in [4.69, 9.17) is 15.2 Å². The Labute approximate surface area is 119 Å². The maximum Gasteiger partial charge on any atom is 0.238 e. The lowest BCUT2D eigenvalue weighted by Crippen LogP contribution is -2.41. The number of ether oxygens (including phenoxy) is 2. The van der Waals surface area contributed by atoms with Gasteiger partial charge in [0.1, 0.15) is 5.75 Å². The van der Waals surface area contributed by atoms with Crippen LogP contribution in [0.1, 0.15) is 0 Å². The maximum atomic E-state index is 11.9. The summed E-state index contributed by atoms with van der Waals surface area (Å²) in [4.78, 5) is 13.8. The van der Waals surface area contributed by atoms with Crippen molar-refractivity contribution < 1.29 is 14.3 Å². The number of nitrogens with two attached hydrogens (primary N) is 1. The predicted molar refractivity (Wildman–Crippen MR) is 79.0 cm³/mol. The van der Waals surface area contributed by atoms with E-state index in [1.165, 1.54) is 0 Å². The summed E-state index contributed by atoms with van der Waals surface area (Å²) in [6.07, 6.45) is 0. The van der Waals surface area contributed by atoms with E-state index < -0.39 is 0 Å². The van der Waals surface area contributed by atoms with Gasteiger partial charge >= 0.3 is 0 Å². The van der Waals surface area contributed by atoms with Crippen molar-refractivity contribution in [2.45, 2.75) is 6.04 Å². The first kappa shape index (κ1) is 16.4. The molecule has 6 heteroatoms. The predicted octanol–water partition coefficient (Wildman–Crippen LogP) is 0.539. The molecule has 1 rings (SSSR count). The summed E-state index contributed by atoms with van der Waals surface area (Å²) in [5.74, 6) is 0.614. The van der Waals surface area contributed by atoms with Crippen molar-refractivity contribution in [1.29, 1.82) is 0 Å². The van der Waals surface area contributed by atoms with Gasteiger partial charge in [0.05, 0.1) is 20.3 Å². The fraction of sp³-hybridized carbons (Fsp3) is 0.500. The van der Waals surface area contributed by atoms with E-state index in [1.54, 1.807) is 20.3 Å². The molecule has 1 unspecified atom stereocenters. The van der Waals surface area contributed by atoms with Crippen LogP contribution in [0, 0.1) is 0 Å². The van der Waals surface area contributed by atoms with Gasteiger partial charge in [0.2, 0.25) is 5.91 Å². The Bertz CT molecular complexity index is 426. The minimum Gasteiger partial charge on any atom is -0.497 e. The highest BCUT2D eigenvalue weighted by Crippen LogP contribution is 2.16. The van der Waals surface area contributed by atoms with Crippen molar-refractivity contribution in [3.05, 3.63) is 24.3 Å². The van der Waals surface area contributed by atoms with Crippen LogP contribution in [0.25, 0.3) is 0 Å². The van der Waals surface area contributed by atoms with Gasteiger partial charge in [-0.15, -0.1) is 0 Å². The Kier molecular flexibility index (Phi) is 7.00. The molecule has 112 valence electrons. The summed E-state index contributed by atoms with van der Waals surface area (Å²) in [6.45, 7) is 1.34. The third kappa shape index (κ3) is 6.01. The molecule has 0 bridgehead atoms. The molecule has 0 aliphatic rings. The molecule has 0 aliphatic heterocycles. The third-order valence-electron chi connectivity index (χ3n) is 2.69.